The molecular formula is C18H18O4. The van der Waals surface area contributed by atoms with Gasteiger partial charge in [0.2, 0.25) is 0 Å². The van der Waals surface area contributed by atoms with Crippen LogP contribution in [0.2, 0.25) is 0 Å². The van der Waals surface area contributed by atoms with Crippen LogP contribution in [0.25, 0.3) is 10.8 Å². The molecule has 0 aromatic heterocycles. The molecule has 0 aliphatic heterocycles. The highest BCUT2D eigenvalue weighted by molar-refractivity contribution is 5.98. The Bertz CT molecular complexity index is 697. The number of fused-ring (bicyclic) bond motifs is 2. The number of carbonyl (C=O) groups is 2. The molecule has 0 saturated carbocycles. The van der Waals surface area contributed by atoms with Crippen molar-refractivity contribution < 1.29 is 19.1 Å². The van der Waals surface area contributed by atoms with Crippen molar-refractivity contribution in [1.29, 1.82) is 0 Å². The molecule has 1 aliphatic carbocycles. The maximum Gasteiger partial charge on any atom is 0.308 e. The molecule has 0 fully saturated rings. The van der Waals surface area contributed by atoms with Crippen LogP contribution in [0.5, 0.6) is 11.5 Å². The van der Waals surface area contributed by atoms with Crippen LogP contribution < -0.4 is 9.47 Å². The molecule has 22 heavy (non-hydrogen) atoms. The van der Waals surface area contributed by atoms with Crippen molar-refractivity contribution in [3.05, 3.63) is 35.4 Å². The lowest BCUT2D eigenvalue weighted by Gasteiger charge is -2.24. The molecular weight excluding hydrogens is 280 g/mol. The molecule has 0 spiro atoms. The molecule has 0 bridgehead atoms. The first-order valence-electron chi connectivity index (χ1n) is 7.51. The number of esters is 2. The first-order chi connectivity index (χ1) is 10.6. The molecule has 0 radical (unpaired) electrons. The van der Waals surface area contributed by atoms with Gasteiger partial charge in [0.15, 0.2) is 0 Å². The van der Waals surface area contributed by atoms with Gasteiger partial charge < -0.3 is 9.47 Å². The van der Waals surface area contributed by atoms with Crippen molar-refractivity contribution >= 4 is 22.7 Å². The van der Waals surface area contributed by atoms with E-state index in [1.54, 1.807) is 0 Å². The third kappa shape index (κ3) is 2.56. The number of benzene rings is 2. The molecule has 0 atom stereocenters. The Kier molecular flexibility index (Phi) is 3.84. The monoisotopic (exact) mass is 298 g/mol. The Morgan fingerprint density at radius 3 is 1.59 bits per heavy atom. The molecule has 0 N–H and O–H groups in total. The maximum absolute atomic E-state index is 11.5. The molecule has 3 rings (SSSR count). The third-order valence-corrected chi connectivity index (χ3v) is 3.92. The average molecular weight is 298 g/mol. The molecule has 0 amide bonds. The van der Waals surface area contributed by atoms with Gasteiger partial charge in [-0.3, -0.25) is 9.59 Å². The van der Waals surface area contributed by atoms with E-state index in [4.69, 9.17) is 9.47 Å². The minimum atomic E-state index is -0.335. The average Bonchev–Trinajstić information content (AvgIpc) is 2.50. The lowest BCUT2D eigenvalue weighted by atomic mass is 9.87. The first kappa shape index (κ1) is 14.6. The Labute approximate surface area is 129 Å². The van der Waals surface area contributed by atoms with Crippen molar-refractivity contribution in [3.8, 4) is 11.5 Å². The quantitative estimate of drug-likeness (QED) is 0.628. The summed E-state index contributed by atoms with van der Waals surface area (Å²) in [5.41, 5.74) is 1.99. The van der Waals surface area contributed by atoms with E-state index in [-0.39, 0.29) is 11.9 Å². The van der Waals surface area contributed by atoms with Crippen LogP contribution in [0.15, 0.2) is 24.3 Å². The summed E-state index contributed by atoms with van der Waals surface area (Å²) in [4.78, 5) is 23.0. The number of hydrogen-bond acceptors (Lipinski definition) is 4. The Morgan fingerprint density at radius 1 is 0.818 bits per heavy atom. The zero-order valence-electron chi connectivity index (χ0n) is 12.8. The summed E-state index contributed by atoms with van der Waals surface area (Å²) in [6.45, 7) is 2.81. The van der Waals surface area contributed by atoms with E-state index in [1.165, 1.54) is 13.8 Å². The fraction of sp³-hybridized carbons (Fsp3) is 0.333. The van der Waals surface area contributed by atoms with Crippen LogP contribution in [0.4, 0.5) is 0 Å². The SMILES string of the molecule is CC(=O)Oc1c2c(c(OC(C)=O)c3ccccc13)CCCC2. The molecule has 0 unspecified atom stereocenters. The number of rotatable bonds is 2. The summed E-state index contributed by atoms with van der Waals surface area (Å²) in [6.07, 6.45) is 3.74. The Morgan fingerprint density at radius 2 is 1.23 bits per heavy atom. The number of carbonyl (C=O) groups excluding carboxylic acids is 2. The van der Waals surface area contributed by atoms with Gasteiger partial charge in [-0.05, 0) is 25.7 Å². The molecule has 114 valence electrons. The van der Waals surface area contributed by atoms with Crippen molar-refractivity contribution in [3.63, 3.8) is 0 Å². The Balaban J connectivity index is 2.34. The van der Waals surface area contributed by atoms with Crippen molar-refractivity contribution in [2.75, 3.05) is 0 Å². The molecule has 2 aromatic carbocycles. The minimum Gasteiger partial charge on any atom is -0.426 e. The van der Waals surface area contributed by atoms with Crippen LogP contribution in [0, 0.1) is 0 Å². The van der Waals surface area contributed by atoms with Gasteiger partial charge in [-0.1, -0.05) is 24.3 Å². The molecule has 4 heteroatoms. The van der Waals surface area contributed by atoms with E-state index in [9.17, 15) is 9.59 Å². The zero-order valence-corrected chi connectivity index (χ0v) is 12.8. The fourth-order valence-corrected chi connectivity index (χ4v) is 3.13. The summed E-state index contributed by atoms with van der Waals surface area (Å²) in [5.74, 6) is 0.568. The standard InChI is InChI=1S/C18H18O4/c1-11(19)21-17-13-7-3-5-9-15(13)18(22-12(2)20)16-10-6-4-8-14(16)17/h3,5,7,9H,4,6,8,10H2,1-2H3. The highest BCUT2D eigenvalue weighted by Gasteiger charge is 2.25. The third-order valence-electron chi connectivity index (χ3n) is 3.92. The maximum atomic E-state index is 11.5. The van der Waals surface area contributed by atoms with Crippen LogP contribution >= 0.6 is 0 Å². The first-order valence-corrected chi connectivity index (χ1v) is 7.51. The van der Waals surface area contributed by atoms with E-state index in [1.807, 2.05) is 24.3 Å². The van der Waals surface area contributed by atoms with Gasteiger partial charge in [0.1, 0.15) is 11.5 Å². The highest BCUT2D eigenvalue weighted by atomic mass is 16.5. The fourth-order valence-electron chi connectivity index (χ4n) is 3.13. The second-order valence-electron chi connectivity index (χ2n) is 5.56. The number of hydrogen-bond donors (Lipinski definition) is 0. The topological polar surface area (TPSA) is 52.6 Å². The van der Waals surface area contributed by atoms with Gasteiger partial charge in [-0.25, -0.2) is 0 Å². The molecule has 0 heterocycles. The second kappa shape index (κ2) is 5.79. The predicted octanol–water partition coefficient (Wildman–Crippen LogP) is 3.57. The minimum absolute atomic E-state index is 0.335. The second-order valence-corrected chi connectivity index (χ2v) is 5.56. The van der Waals surface area contributed by atoms with Crippen LogP contribution in [0.1, 0.15) is 37.8 Å². The molecule has 0 saturated heterocycles. The van der Waals surface area contributed by atoms with E-state index in [0.29, 0.717) is 11.5 Å². The lowest BCUT2D eigenvalue weighted by Crippen LogP contribution is -2.13. The largest absolute Gasteiger partial charge is 0.426 e. The predicted molar refractivity (Wildman–Crippen MR) is 83.2 cm³/mol. The normalized spacial score (nSPS) is 13.5. The van der Waals surface area contributed by atoms with Crippen LogP contribution in [-0.2, 0) is 22.4 Å². The van der Waals surface area contributed by atoms with Gasteiger partial charge in [0.05, 0.1) is 0 Å². The number of ether oxygens (including phenoxy) is 2. The van der Waals surface area contributed by atoms with E-state index < -0.39 is 0 Å². The summed E-state index contributed by atoms with van der Waals surface area (Å²) < 4.78 is 11.0. The van der Waals surface area contributed by atoms with Gasteiger partial charge >= 0.3 is 11.9 Å². The molecule has 4 nitrogen and oxygen atoms in total. The molecule has 2 aromatic rings. The van der Waals surface area contributed by atoms with Gasteiger partial charge in [0, 0.05) is 35.7 Å². The van der Waals surface area contributed by atoms with Crippen LogP contribution in [-0.4, -0.2) is 11.9 Å². The lowest BCUT2D eigenvalue weighted by molar-refractivity contribution is -0.133. The molecule has 1 aliphatic rings. The van der Waals surface area contributed by atoms with Crippen LogP contribution in [0.3, 0.4) is 0 Å². The summed E-state index contributed by atoms with van der Waals surface area (Å²) in [5, 5.41) is 1.63. The van der Waals surface area contributed by atoms with E-state index in [2.05, 4.69) is 0 Å². The van der Waals surface area contributed by atoms with Crippen molar-refractivity contribution in [2.24, 2.45) is 0 Å². The van der Waals surface area contributed by atoms with E-state index in [0.717, 1.165) is 47.6 Å². The van der Waals surface area contributed by atoms with Crippen molar-refractivity contribution in [2.45, 2.75) is 39.5 Å². The Hall–Kier alpha value is -2.36. The van der Waals surface area contributed by atoms with Crippen molar-refractivity contribution in [1.82, 2.24) is 0 Å². The zero-order chi connectivity index (χ0) is 15.7. The van der Waals surface area contributed by atoms with Gasteiger partial charge in [-0.15, -0.1) is 0 Å². The van der Waals surface area contributed by atoms with Gasteiger partial charge in [0.25, 0.3) is 0 Å². The smallest absolute Gasteiger partial charge is 0.308 e. The van der Waals surface area contributed by atoms with Gasteiger partial charge in [-0.2, -0.15) is 0 Å². The summed E-state index contributed by atoms with van der Waals surface area (Å²) >= 11 is 0. The van der Waals surface area contributed by atoms with E-state index >= 15 is 0 Å². The summed E-state index contributed by atoms with van der Waals surface area (Å²) in [7, 11) is 0. The highest BCUT2D eigenvalue weighted by Crippen LogP contribution is 2.44. The summed E-state index contributed by atoms with van der Waals surface area (Å²) in [6, 6.07) is 7.58.